The third-order valence-corrected chi connectivity index (χ3v) is 6.37. The Bertz CT molecular complexity index is 700. The summed E-state index contributed by atoms with van der Waals surface area (Å²) in [6.07, 6.45) is 6.01. The van der Waals surface area contributed by atoms with Crippen LogP contribution in [0.4, 0.5) is 0 Å². The first-order chi connectivity index (χ1) is 14.2. The average molecular weight is 397 g/mol. The third kappa shape index (κ3) is 6.50. The molecule has 1 fully saturated rings. The molecule has 0 bridgehead atoms. The van der Waals surface area contributed by atoms with E-state index in [0.717, 1.165) is 44.0 Å². The summed E-state index contributed by atoms with van der Waals surface area (Å²) in [6.45, 7) is 11.1. The Labute approximate surface area is 177 Å². The van der Waals surface area contributed by atoms with E-state index in [1.54, 1.807) is 0 Å². The van der Waals surface area contributed by atoms with Gasteiger partial charge in [-0.1, -0.05) is 43.7 Å². The maximum absolute atomic E-state index is 6.01. The van der Waals surface area contributed by atoms with Crippen molar-refractivity contribution in [3.8, 4) is 11.5 Å². The van der Waals surface area contributed by atoms with Crippen molar-refractivity contribution >= 4 is 0 Å². The van der Waals surface area contributed by atoms with Crippen molar-refractivity contribution in [2.75, 3.05) is 39.4 Å². The second-order valence-corrected chi connectivity index (χ2v) is 8.41. The van der Waals surface area contributed by atoms with Gasteiger partial charge in [-0.15, -0.1) is 0 Å². The van der Waals surface area contributed by atoms with Crippen LogP contribution in [0, 0.1) is 0 Å². The maximum atomic E-state index is 6.01. The number of nitrogens with zero attached hydrogens (tertiary/aromatic N) is 1. The van der Waals surface area contributed by atoms with E-state index in [4.69, 9.17) is 9.47 Å². The molecule has 0 N–H and O–H groups in total. The number of likely N-dealkylation sites (tertiary alicyclic amines) is 1. The minimum atomic E-state index is 0.700. The van der Waals surface area contributed by atoms with Crippen molar-refractivity contribution in [3.05, 3.63) is 60.2 Å². The van der Waals surface area contributed by atoms with E-state index in [1.807, 2.05) is 24.3 Å². The summed E-state index contributed by atoms with van der Waals surface area (Å²) in [4.78, 5) is 0. The van der Waals surface area contributed by atoms with Crippen LogP contribution < -0.4 is 9.47 Å². The van der Waals surface area contributed by atoms with Crippen LogP contribution >= 0.6 is 0 Å². The molecule has 1 aliphatic heterocycles. The van der Waals surface area contributed by atoms with Gasteiger partial charge < -0.3 is 14.0 Å². The van der Waals surface area contributed by atoms with Crippen LogP contribution in [0.5, 0.6) is 11.5 Å². The first-order valence-electron chi connectivity index (χ1n) is 11.5. The molecule has 2 aromatic rings. The van der Waals surface area contributed by atoms with E-state index in [1.165, 1.54) is 49.1 Å². The van der Waals surface area contributed by atoms with Crippen LogP contribution in [-0.4, -0.2) is 43.9 Å². The largest absolute Gasteiger partial charge is 0.494 e. The number of hydrogen-bond donors (Lipinski definition) is 0. The minimum absolute atomic E-state index is 0.700. The van der Waals surface area contributed by atoms with Gasteiger partial charge in [0.2, 0.25) is 0 Å². The van der Waals surface area contributed by atoms with E-state index in [0.29, 0.717) is 5.92 Å². The van der Waals surface area contributed by atoms with E-state index < -0.39 is 0 Å². The van der Waals surface area contributed by atoms with Crippen LogP contribution in [-0.2, 0) is 0 Å². The molecular weight excluding hydrogens is 358 g/mol. The molecule has 0 spiro atoms. The maximum Gasteiger partial charge on any atom is 0.119 e. The zero-order valence-electron chi connectivity index (χ0n) is 18.3. The first-order valence-corrected chi connectivity index (χ1v) is 11.5. The molecule has 158 valence electrons. The summed E-state index contributed by atoms with van der Waals surface area (Å²) in [5.41, 5.74) is 1.51. The van der Waals surface area contributed by atoms with Gasteiger partial charge in [0, 0.05) is 12.3 Å². The summed E-state index contributed by atoms with van der Waals surface area (Å²) in [5.74, 6) is 2.57. The quantitative estimate of drug-likeness (QED) is 0.340. The summed E-state index contributed by atoms with van der Waals surface area (Å²) in [6, 6.07) is 19.2. The van der Waals surface area contributed by atoms with Gasteiger partial charge in [0.25, 0.3) is 0 Å². The van der Waals surface area contributed by atoms with Gasteiger partial charge >= 0.3 is 0 Å². The Morgan fingerprint density at radius 2 is 1.52 bits per heavy atom. The van der Waals surface area contributed by atoms with Crippen LogP contribution in [0.3, 0.4) is 0 Å². The topological polar surface area (TPSA) is 18.5 Å². The smallest absolute Gasteiger partial charge is 0.119 e. The minimum Gasteiger partial charge on any atom is -0.494 e. The molecule has 3 rings (SSSR count). The third-order valence-electron chi connectivity index (χ3n) is 6.37. The van der Waals surface area contributed by atoms with Gasteiger partial charge in [-0.25, -0.2) is 0 Å². The molecule has 2 aromatic carbocycles. The first kappa shape index (κ1) is 21.7. The zero-order chi connectivity index (χ0) is 20.4. The number of rotatable bonds is 11. The highest BCUT2D eigenvalue weighted by atomic mass is 16.5. The molecule has 3 nitrogen and oxygen atoms in total. The van der Waals surface area contributed by atoms with Crippen molar-refractivity contribution in [1.82, 2.24) is 0 Å². The van der Waals surface area contributed by atoms with E-state index in [9.17, 15) is 0 Å². The molecule has 0 radical (unpaired) electrons. The normalized spacial score (nSPS) is 21.7. The van der Waals surface area contributed by atoms with E-state index in [2.05, 4.69) is 44.2 Å². The molecular formula is C26H38NO2+. The van der Waals surface area contributed by atoms with Gasteiger partial charge in [-0.2, -0.15) is 0 Å². The molecule has 3 heteroatoms. The summed E-state index contributed by atoms with van der Waals surface area (Å²) in [5, 5.41) is 0. The monoisotopic (exact) mass is 396 g/mol. The summed E-state index contributed by atoms with van der Waals surface area (Å²) < 4.78 is 13.0. The molecule has 1 saturated heterocycles. The van der Waals surface area contributed by atoms with Gasteiger partial charge in [-0.3, -0.25) is 0 Å². The summed E-state index contributed by atoms with van der Waals surface area (Å²) >= 11 is 0. The van der Waals surface area contributed by atoms with Crippen LogP contribution in [0.1, 0.15) is 57.4 Å². The average Bonchev–Trinajstić information content (AvgIpc) is 2.79. The lowest BCUT2D eigenvalue weighted by Gasteiger charge is -2.44. The number of piperidine rings is 1. The summed E-state index contributed by atoms with van der Waals surface area (Å²) in [7, 11) is 0. The fraction of sp³-hybridized carbons (Fsp3) is 0.538. The predicted octanol–water partition coefficient (Wildman–Crippen LogP) is 6.05. The molecule has 2 atom stereocenters. The number of benzene rings is 2. The Hall–Kier alpha value is -2.00. The highest BCUT2D eigenvalue weighted by molar-refractivity contribution is 5.31. The van der Waals surface area contributed by atoms with Crippen molar-refractivity contribution in [3.63, 3.8) is 0 Å². The Balaban J connectivity index is 1.44. The highest BCUT2D eigenvalue weighted by Gasteiger charge is 2.33. The number of hydrogen-bond acceptors (Lipinski definition) is 2. The second kappa shape index (κ2) is 11.3. The lowest BCUT2D eigenvalue weighted by atomic mass is 9.89. The Morgan fingerprint density at radius 1 is 0.862 bits per heavy atom. The molecule has 1 heterocycles. The fourth-order valence-corrected chi connectivity index (χ4v) is 4.53. The van der Waals surface area contributed by atoms with E-state index >= 15 is 0 Å². The highest BCUT2D eigenvalue weighted by Crippen LogP contribution is 2.31. The fourth-order valence-electron chi connectivity index (χ4n) is 4.53. The lowest BCUT2D eigenvalue weighted by Crippen LogP contribution is -2.54. The van der Waals surface area contributed by atoms with Crippen LogP contribution in [0.15, 0.2) is 54.6 Å². The molecule has 2 unspecified atom stereocenters. The number of ether oxygens (including phenoxy) is 2. The molecule has 0 saturated carbocycles. The van der Waals surface area contributed by atoms with Crippen molar-refractivity contribution in [1.29, 1.82) is 0 Å². The zero-order valence-corrected chi connectivity index (χ0v) is 18.3. The lowest BCUT2D eigenvalue weighted by molar-refractivity contribution is -0.932. The van der Waals surface area contributed by atoms with Crippen molar-refractivity contribution in [2.45, 2.75) is 51.9 Å². The Morgan fingerprint density at radius 3 is 2.14 bits per heavy atom. The van der Waals surface area contributed by atoms with Gasteiger partial charge in [-0.05, 0) is 56.0 Å². The molecule has 29 heavy (non-hydrogen) atoms. The van der Waals surface area contributed by atoms with Gasteiger partial charge in [0.05, 0.1) is 39.4 Å². The second-order valence-electron chi connectivity index (χ2n) is 8.41. The molecule has 0 aromatic heterocycles. The van der Waals surface area contributed by atoms with Crippen molar-refractivity contribution in [2.24, 2.45) is 0 Å². The number of likely N-dealkylation sites (N-methyl/N-ethyl adjacent to an activating group) is 1. The Kier molecular flexibility index (Phi) is 8.42. The standard InChI is InChI=1S/C26H38NO2/c1-3-5-20-28-25-14-16-26(17-15-25)29-21-10-19-27(4-2)18-9-13-24(22-27)23-11-7-6-8-12-23/h6-8,11-12,14-17,24H,3-5,9-10,13,18-22H2,1-2H3/q+1. The van der Waals surface area contributed by atoms with Gasteiger partial charge in [0.1, 0.15) is 11.5 Å². The van der Waals surface area contributed by atoms with E-state index in [-0.39, 0.29) is 0 Å². The molecule has 0 amide bonds. The molecule has 0 aliphatic carbocycles. The van der Waals surface area contributed by atoms with Gasteiger partial charge in [0.15, 0.2) is 0 Å². The van der Waals surface area contributed by atoms with Crippen molar-refractivity contribution < 1.29 is 14.0 Å². The SMILES string of the molecule is CCCCOc1ccc(OCCC[N+]2(CC)CCCC(c3ccccc3)C2)cc1. The molecule has 1 aliphatic rings. The number of unbranched alkanes of at least 4 members (excludes halogenated alkanes) is 1. The number of quaternary nitrogens is 1. The van der Waals surface area contributed by atoms with Crippen LogP contribution in [0.25, 0.3) is 0 Å². The predicted molar refractivity (Wildman–Crippen MR) is 121 cm³/mol. The van der Waals surface area contributed by atoms with Crippen LogP contribution in [0.2, 0.25) is 0 Å².